The zero-order valence-electron chi connectivity index (χ0n) is 11.6. The van der Waals surface area contributed by atoms with Gasteiger partial charge in [-0.15, -0.1) is 11.3 Å². The van der Waals surface area contributed by atoms with Crippen LogP contribution >= 0.6 is 11.3 Å². The number of carbonyl (C=O) groups is 1. The average Bonchev–Trinajstić information content (AvgIpc) is 2.88. The summed E-state index contributed by atoms with van der Waals surface area (Å²) < 4.78 is 5.27. The van der Waals surface area contributed by atoms with Crippen molar-refractivity contribution in [2.75, 3.05) is 7.11 Å². The number of thiazole rings is 1. The van der Waals surface area contributed by atoms with E-state index in [2.05, 4.69) is 9.97 Å². The maximum atomic E-state index is 11.3. The first-order valence-electron chi connectivity index (χ1n) is 6.30. The van der Waals surface area contributed by atoms with E-state index in [1.165, 1.54) is 11.3 Å². The Labute approximate surface area is 125 Å². The van der Waals surface area contributed by atoms with Crippen molar-refractivity contribution >= 4 is 28.1 Å². The van der Waals surface area contributed by atoms with Crippen LogP contribution in [-0.2, 0) is 0 Å². The van der Waals surface area contributed by atoms with Crippen molar-refractivity contribution < 1.29 is 9.53 Å². The third kappa shape index (κ3) is 2.34. The van der Waals surface area contributed by atoms with Crippen molar-refractivity contribution in [1.29, 1.82) is 0 Å². The maximum absolute atomic E-state index is 11.3. The molecule has 0 radical (unpaired) electrons. The van der Waals surface area contributed by atoms with Gasteiger partial charge in [-0.2, -0.15) is 0 Å². The van der Waals surface area contributed by atoms with Crippen molar-refractivity contribution in [3.63, 3.8) is 0 Å². The molecule has 21 heavy (non-hydrogen) atoms. The molecular formula is C15H13N3O2S. The van der Waals surface area contributed by atoms with Crippen LogP contribution in [0, 0.1) is 6.92 Å². The summed E-state index contributed by atoms with van der Waals surface area (Å²) >= 11 is 1.29. The zero-order chi connectivity index (χ0) is 15.0. The zero-order valence-corrected chi connectivity index (χ0v) is 12.4. The monoisotopic (exact) mass is 299 g/mol. The molecule has 0 saturated carbocycles. The van der Waals surface area contributed by atoms with Crippen LogP contribution in [0.3, 0.4) is 0 Å². The van der Waals surface area contributed by atoms with Gasteiger partial charge in [-0.05, 0) is 31.2 Å². The van der Waals surface area contributed by atoms with Crippen LogP contribution in [0.25, 0.3) is 21.3 Å². The van der Waals surface area contributed by atoms with Gasteiger partial charge >= 0.3 is 0 Å². The Morgan fingerprint density at radius 2 is 2.14 bits per heavy atom. The number of aryl methyl sites for hydroxylation is 1. The average molecular weight is 299 g/mol. The number of nitrogens with two attached hydrogens (primary N) is 1. The molecule has 3 rings (SSSR count). The first-order chi connectivity index (χ1) is 10.1. The number of benzene rings is 1. The van der Waals surface area contributed by atoms with Gasteiger partial charge in [-0.3, -0.25) is 9.78 Å². The molecular weight excluding hydrogens is 286 g/mol. The lowest BCUT2D eigenvalue weighted by molar-refractivity contribution is 0.1000. The Balaban J connectivity index is 2.26. The molecule has 5 nitrogen and oxygen atoms in total. The molecule has 0 atom stereocenters. The molecule has 0 saturated heterocycles. The summed E-state index contributed by atoms with van der Waals surface area (Å²) in [6.07, 6.45) is 1.74. The van der Waals surface area contributed by atoms with Crippen LogP contribution in [-0.4, -0.2) is 23.0 Å². The minimum absolute atomic E-state index is 0.315. The summed E-state index contributed by atoms with van der Waals surface area (Å²) in [6.45, 7) is 1.87. The highest BCUT2D eigenvalue weighted by molar-refractivity contribution is 7.17. The quantitative estimate of drug-likeness (QED) is 0.806. The summed E-state index contributed by atoms with van der Waals surface area (Å²) in [5.41, 5.74) is 7.93. The topological polar surface area (TPSA) is 78.1 Å². The second kappa shape index (κ2) is 5.14. The van der Waals surface area contributed by atoms with Crippen LogP contribution in [0.1, 0.15) is 15.5 Å². The van der Waals surface area contributed by atoms with Gasteiger partial charge in [0.25, 0.3) is 5.91 Å². The van der Waals surface area contributed by atoms with E-state index in [-0.39, 0.29) is 0 Å². The van der Waals surface area contributed by atoms with E-state index in [9.17, 15) is 4.79 Å². The molecule has 2 aromatic heterocycles. The molecule has 6 heteroatoms. The molecule has 1 aromatic carbocycles. The van der Waals surface area contributed by atoms with E-state index in [0.717, 1.165) is 32.8 Å². The van der Waals surface area contributed by atoms with Gasteiger partial charge in [-0.1, -0.05) is 0 Å². The molecule has 0 bridgehead atoms. The van der Waals surface area contributed by atoms with Crippen LogP contribution < -0.4 is 10.5 Å². The minimum Gasteiger partial charge on any atom is -0.497 e. The molecule has 0 aliphatic heterocycles. The van der Waals surface area contributed by atoms with E-state index in [1.807, 2.05) is 31.2 Å². The van der Waals surface area contributed by atoms with Gasteiger partial charge in [0.05, 0.1) is 23.2 Å². The van der Waals surface area contributed by atoms with Gasteiger partial charge in [0.15, 0.2) is 5.01 Å². The maximum Gasteiger partial charge on any atom is 0.277 e. The number of nitrogens with zero attached hydrogens (tertiary/aromatic N) is 2. The summed E-state index contributed by atoms with van der Waals surface area (Å²) in [5, 5.41) is 1.27. The number of fused-ring (bicyclic) bond motifs is 1. The van der Waals surface area contributed by atoms with Gasteiger partial charge < -0.3 is 10.5 Å². The van der Waals surface area contributed by atoms with Crippen LogP contribution in [0.4, 0.5) is 0 Å². The number of rotatable bonds is 3. The Morgan fingerprint density at radius 1 is 1.33 bits per heavy atom. The summed E-state index contributed by atoms with van der Waals surface area (Å²) in [6, 6.07) is 7.62. The number of pyridine rings is 1. The van der Waals surface area contributed by atoms with Crippen LogP contribution in [0.5, 0.6) is 5.75 Å². The lowest BCUT2D eigenvalue weighted by atomic mass is 10.1. The number of primary amides is 1. The van der Waals surface area contributed by atoms with Gasteiger partial charge in [0, 0.05) is 17.1 Å². The molecule has 2 N–H and O–H groups in total. The minimum atomic E-state index is -0.509. The third-order valence-electron chi connectivity index (χ3n) is 3.20. The molecule has 0 fully saturated rings. The number of hydrogen-bond acceptors (Lipinski definition) is 5. The molecule has 0 aliphatic carbocycles. The summed E-state index contributed by atoms with van der Waals surface area (Å²) in [7, 11) is 1.63. The smallest absolute Gasteiger partial charge is 0.277 e. The molecule has 106 valence electrons. The first kappa shape index (κ1) is 13.5. The fourth-order valence-electron chi connectivity index (χ4n) is 2.20. The second-order valence-corrected chi connectivity index (χ2v) is 5.54. The normalized spacial score (nSPS) is 10.8. The lowest BCUT2D eigenvalue weighted by Gasteiger charge is -2.06. The van der Waals surface area contributed by atoms with E-state index >= 15 is 0 Å². The van der Waals surface area contributed by atoms with Crippen molar-refractivity contribution in [2.45, 2.75) is 6.92 Å². The number of amides is 1. The number of carbonyl (C=O) groups excluding carboxylic acids is 1. The lowest BCUT2D eigenvalue weighted by Crippen LogP contribution is -2.10. The largest absolute Gasteiger partial charge is 0.497 e. The highest BCUT2D eigenvalue weighted by Crippen LogP contribution is 2.35. The number of ether oxygens (including phenoxy) is 1. The Kier molecular flexibility index (Phi) is 3.31. The highest BCUT2D eigenvalue weighted by atomic mass is 32.1. The Hall–Kier alpha value is -2.47. The fraction of sp³-hybridized carbons (Fsp3) is 0.133. The van der Waals surface area contributed by atoms with Gasteiger partial charge in [0.1, 0.15) is 5.75 Å². The standard InChI is InChI=1S/C15H13N3O2S/c1-8-13(21-15(18-8)14(16)19)10-5-6-17-12-4-3-9(20-2)7-11(10)12/h3-7H,1-2H3,(H2,16,19). The number of hydrogen-bond donors (Lipinski definition) is 1. The fourth-order valence-corrected chi connectivity index (χ4v) is 3.16. The van der Waals surface area contributed by atoms with Gasteiger partial charge in [0.2, 0.25) is 0 Å². The molecule has 0 spiro atoms. The second-order valence-electron chi connectivity index (χ2n) is 4.54. The summed E-state index contributed by atoms with van der Waals surface area (Å²) in [4.78, 5) is 20.8. The van der Waals surface area contributed by atoms with E-state index in [1.54, 1.807) is 13.3 Å². The van der Waals surface area contributed by atoms with E-state index in [0.29, 0.717) is 5.01 Å². The van der Waals surface area contributed by atoms with Crippen molar-refractivity contribution in [1.82, 2.24) is 9.97 Å². The summed E-state index contributed by atoms with van der Waals surface area (Å²) in [5.74, 6) is 0.249. The molecule has 0 aliphatic rings. The molecule has 1 amide bonds. The first-order valence-corrected chi connectivity index (χ1v) is 7.12. The molecule has 0 unspecified atom stereocenters. The van der Waals surface area contributed by atoms with Crippen LogP contribution in [0.2, 0.25) is 0 Å². The Bertz CT molecular complexity index is 842. The van der Waals surface area contributed by atoms with Crippen molar-refractivity contribution in [3.8, 4) is 16.2 Å². The number of aromatic nitrogens is 2. The number of methoxy groups -OCH3 is 1. The predicted octanol–water partition coefficient (Wildman–Crippen LogP) is 2.77. The van der Waals surface area contributed by atoms with Crippen LogP contribution in [0.15, 0.2) is 30.5 Å². The molecule has 2 heterocycles. The Morgan fingerprint density at radius 3 is 2.81 bits per heavy atom. The molecule has 3 aromatic rings. The third-order valence-corrected chi connectivity index (χ3v) is 4.41. The van der Waals surface area contributed by atoms with Crippen molar-refractivity contribution in [3.05, 3.63) is 41.2 Å². The van der Waals surface area contributed by atoms with Crippen molar-refractivity contribution in [2.24, 2.45) is 5.73 Å². The predicted molar refractivity (Wildman–Crippen MR) is 82.7 cm³/mol. The SMILES string of the molecule is COc1ccc2nccc(-c3sc(C(N)=O)nc3C)c2c1. The van der Waals surface area contributed by atoms with Gasteiger partial charge in [-0.25, -0.2) is 4.98 Å². The van der Waals surface area contributed by atoms with E-state index in [4.69, 9.17) is 10.5 Å². The van der Waals surface area contributed by atoms with E-state index < -0.39 is 5.91 Å². The highest BCUT2D eigenvalue weighted by Gasteiger charge is 2.15.